The van der Waals surface area contributed by atoms with E-state index >= 15 is 0 Å². The lowest BCUT2D eigenvalue weighted by atomic mass is 10.0. The average molecular weight is 412 g/mol. The van der Waals surface area contributed by atoms with Crippen molar-refractivity contribution in [3.8, 4) is 0 Å². The predicted octanol–water partition coefficient (Wildman–Crippen LogP) is 4.29. The number of hydrogen-bond donors (Lipinski definition) is 1. The largest absolute Gasteiger partial charge is 0.351 e. The number of nitrogens with one attached hydrogen (secondary N) is 1. The molecule has 0 aliphatic rings. The second-order valence-electron chi connectivity index (χ2n) is 7.80. The van der Waals surface area contributed by atoms with Crippen molar-refractivity contribution in [2.45, 2.75) is 26.3 Å². The maximum Gasteiger partial charge on any atom is 0.272 e. The summed E-state index contributed by atoms with van der Waals surface area (Å²) in [4.78, 5) is 29.9. The van der Waals surface area contributed by atoms with Gasteiger partial charge in [-0.3, -0.25) is 9.59 Å². The summed E-state index contributed by atoms with van der Waals surface area (Å²) in [5.41, 5.74) is 4.40. The number of nitrogens with zero attached hydrogens (tertiary/aromatic N) is 2. The van der Waals surface area contributed by atoms with E-state index in [1.165, 1.54) is 5.56 Å². The number of aromatic nitrogens is 2. The molecule has 0 saturated heterocycles. The third kappa shape index (κ3) is 4.56. The molecule has 0 aliphatic heterocycles. The van der Waals surface area contributed by atoms with Gasteiger partial charge in [-0.15, -0.1) is 0 Å². The van der Waals surface area contributed by atoms with Gasteiger partial charge in [-0.25, -0.2) is 4.98 Å². The molecule has 0 bridgehead atoms. The van der Waals surface area contributed by atoms with Crippen LogP contribution in [0.25, 0.3) is 11.0 Å². The zero-order valence-corrected chi connectivity index (χ0v) is 17.7. The Labute approximate surface area is 181 Å². The molecule has 1 aromatic heterocycles. The van der Waals surface area contributed by atoms with Crippen LogP contribution in [-0.4, -0.2) is 22.0 Å². The Kier molecular flexibility index (Phi) is 5.94. The van der Waals surface area contributed by atoms with E-state index in [2.05, 4.69) is 29.4 Å². The molecular formula is C26H25N3O2. The first-order valence-electron chi connectivity index (χ1n) is 10.4. The number of carbonyl (C=O) groups excluding carboxylic acids is 1. The molecule has 0 fully saturated rings. The summed E-state index contributed by atoms with van der Waals surface area (Å²) in [6, 6.07) is 25.3. The van der Waals surface area contributed by atoms with Crippen molar-refractivity contribution in [1.29, 1.82) is 0 Å². The van der Waals surface area contributed by atoms with E-state index in [1.807, 2.05) is 54.6 Å². The van der Waals surface area contributed by atoms with E-state index in [0.29, 0.717) is 35.4 Å². The smallest absolute Gasteiger partial charge is 0.272 e. The summed E-state index contributed by atoms with van der Waals surface area (Å²) in [6.07, 6.45) is 0. The SMILES string of the molecule is Cc1nc2cc(C(=O)NC[C@H](C)c3ccccc3)ccc2n(Cc2ccccc2)c1=O. The molecule has 0 spiro atoms. The van der Waals surface area contributed by atoms with Gasteiger partial charge in [-0.1, -0.05) is 67.6 Å². The zero-order valence-electron chi connectivity index (χ0n) is 17.7. The number of aryl methyl sites for hydroxylation is 1. The number of amides is 1. The first-order valence-corrected chi connectivity index (χ1v) is 10.4. The summed E-state index contributed by atoms with van der Waals surface area (Å²) in [5, 5.41) is 3.01. The number of hydrogen-bond acceptors (Lipinski definition) is 3. The topological polar surface area (TPSA) is 64.0 Å². The molecule has 1 heterocycles. The van der Waals surface area contributed by atoms with Gasteiger partial charge in [0.15, 0.2) is 0 Å². The molecule has 5 heteroatoms. The van der Waals surface area contributed by atoms with Crippen molar-refractivity contribution in [2.24, 2.45) is 0 Å². The van der Waals surface area contributed by atoms with Gasteiger partial charge in [0.1, 0.15) is 5.69 Å². The van der Waals surface area contributed by atoms with Gasteiger partial charge in [-0.05, 0) is 42.2 Å². The normalized spacial score (nSPS) is 11.9. The third-order valence-corrected chi connectivity index (χ3v) is 5.49. The van der Waals surface area contributed by atoms with E-state index in [9.17, 15) is 9.59 Å². The minimum Gasteiger partial charge on any atom is -0.351 e. The highest BCUT2D eigenvalue weighted by atomic mass is 16.1. The molecule has 1 atom stereocenters. The van der Waals surface area contributed by atoms with Crippen molar-refractivity contribution >= 4 is 16.9 Å². The van der Waals surface area contributed by atoms with Crippen molar-refractivity contribution in [3.05, 3.63) is 112 Å². The fourth-order valence-corrected chi connectivity index (χ4v) is 3.69. The van der Waals surface area contributed by atoms with Crippen molar-refractivity contribution < 1.29 is 4.79 Å². The maximum absolute atomic E-state index is 12.7. The summed E-state index contributed by atoms with van der Waals surface area (Å²) >= 11 is 0. The van der Waals surface area contributed by atoms with Crippen LogP contribution in [0.2, 0.25) is 0 Å². The lowest BCUT2D eigenvalue weighted by Gasteiger charge is -2.14. The van der Waals surface area contributed by atoms with Crippen LogP contribution in [0, 0.1) is 6.92 Å². The van der Waals surface area contributed by atoms with E-state index in [0.717, 1.165) is 5.56 Å². The van der Waals surface area contributed by atoms with Gasteiger partial charge in [0.25, 0.3) is 11.5 Å². The summed E-state index contributed by atoms with van der Waals surface area (Å²) < 4.78 is 1.71. The first-order chi connectivity index (χ1) is 15.0. The van der Waals surface area contributed by atoms with Crippen LogP contribution in [0.5, 0.6) is 0 Å². The van der Waals surface area contributed by atoms with Crippen molar-refractivity contribution in [3.63, 3.8) is 0 Å². The van der Waals surface area contributed by atoms with Crippen LogP contribution in [0.15, 0.2) is 83.7 Å². The average Bonchev–Trinajstić information content (AvgIpc) is 2.81. The molecule has 3 aromatic carbocycles. The highest BCUT2D eigenvalue weighted by Gasteiger charge is 2.13. The van der Waals surface area contributed by atoms with Crippen molar-refractivity contribution in [2.75, 3.05) is 6.54 Å². The molecule has 156 valence electrons. The Morgan fingerprint density at radius 3 is 2.39 bits per heavy atom. The number of benzene rings is 3. The minimum absolute atomic E-state index is 0.120. The number of carbonyl (C=O) groups is 1. The Morgan fingerprint density at radius 2 is 1.68 bits per heavy atom. The Balaban J connectivity index is 1.58. The molecule has 0 unspecified atom stereocenters. The van der Waals surface area contributed by atoms with E-state index in [1.54, 1.807) is 23.6 Å². The zero-order chi connectivity index (χ0) is 21.8. The molecule has 4 aromatic rings. The van der Waals surface area contributed by atoms with Gasteiger partial charge in [-0.2, -0.15) is 0 Å². The number of rotatable bonds is 6. The summed E-state index contributed by atoms with van der Waals surface area (Å²) in [6.45, 7) is 4.79. The fourth-order valence-electron chi connectivity index (χ4n) is 3.69. The molecular weight excluding hydrogens is 386 g/mol. The lowest BCUT2D eigenvalue weighted by molar-refractivity contribution is 0.0951. The fraction of sp³-hybridized carbons (Fsp3) is 0.192. The predicted molar refractivity (Wildman–Crippen MR) is 123 cm³/mol. The standard InChI is InChI=1S/C26H25N3O2/c1-18(21-11-7-4-8-12-21)16-27-25(30)22-13-14-24-23(15-22)28-19(2)26(31)29(24)17-20-9-5-3-6-10-20/h3-15,18H,16-17H2,1-2H3,(H,27,30)/t18-/m0/s1. The van der Waals surface area contributed by atoms with Crippen LogP contribution in [0.1, 0.15) is 40.0 Å². The van der Waals surface area contributed by atoms with Crippen LogP contribution >= 0.6 is 0 Å². The highest BCUT2D eigenvalue weighted by Crippen LogP contribution is 2.16. The van der Waals surface area contributed by atoms with Crippen LogP contribution in [-0.2, 0) is 6.54 Å². The summed E-state index contributed by atoms with van der Waals surface area (Å²) in [5.74, 6) is 0.0620. The highest BCUT2D eigenvalue weighted by molar-refractivity contribution is 5.97. The molecule has 0 radical (unpaired) electrons. The van der Waals surface area contributed by atoms with Gasteiger partial charge in [0, 0.05) is 12.1 Å². The Morgan fingerprint density at radius 1 is 1.00 bits per heavy atom. The van der Waals surface area contributed by atoms with Gasteiger partial charge < -0.3 is 9.88 Å². The minimum atomic E-state index is -0.148. The second kappa shape index (κ2) is 8.96. The molecule has 0 saturated carbocycles. The van der Waals surface area contributed by atoms with E-state index < -0.39 is 0 Å². The van der Waals surface area contributed by atoms with Crippen LogP contribution in [0.3, 0.4) is 0 Å². The van der Waals surface area contributed by atoms with Gasteiger partial charge in [0.05, 0.1) is 17.6 Å². The Hall–Kier alpha value is -3.73. The van der Waals surface area contributed by atoms with E-state index in [-0.39, 0.29) is 17.4 Å². The molecule has 0 aliphatic carbocycles. The lowest BCUT2D eigenvalue weighted by Crippen LogP contribution is -2.28. The molecule has 4 rings (SSSR count). The molecule has 1 N–H and O–H groups in total. The van der Waals surface area contributed by atoms with Gasteiger partial charge in [0.2, 0.25) is 0 Å². The summed E-state index contributed by atoms with van der Waals surface area (Å²) in [7, 11) is 0. The monoisotopic (exact) mass is 411 g/mol. The quantitative estimate of drug-likeness (QED) is 0.515. The van der Waals surface area contributed by atoms with Gasteiger partial charge >= 0.3 is 0 Å². The molecule has 5 nitrogen and oxygen atoms in total. The maximum atomic E-state index is 12.7. The molecule has 31 heavy (non-hydrogen) atoms. The molecule has 1 amide bonds. The second-order valence-corrected chi connectivity index (χ2v) is 7.80. The van der Waals surface area contributed by atoms with Crippen LogP contribution < -0.4 is 10.9 Å². The van der Waals surface area contributed by atoms with Crippen LogP contribution in [0.4, 0.5) is 0 Å². The first kappa shape index (κ1) is 20.5. The van der Waals surface area contributed by atoms with E-state index in [4.69, 9.17) is 0 Å². The van der Waals surface area contributed by atoms with Crippen molar-refractivity contribution in [1.82, 2.24) is 14.9 Å². The third-order valence-electron chi connectivity index (χ3n) is 5.49. The number of fused-ring (bicyclic) bond motifs is 1. The Bertz CT molecular complexity index is 1260.